The van der Waals surface area contributed by atoms with Crippen molar-refractivity contribution in [3.8, 4) is 5.75 Å². The summed E-state index contributed by atoms with van der Waals surface area (Å²) in [4.78, 5) is 12.0. The first-order chi connectivity index (χ1) is 11.6. The van der Waals surface area contributed by atoms with Crippen LogP contribution >= 0.6 is 23.4 Å². The monoisotopic (exact) mass is 363 g/mol. The maximum atomic E-state index is 12.0. The molecule has 1 amide bonds. The van der Waals surface area contributed by atoms with Crippen LogP contribution in [0.15, 0.2) is 48.5 Å². The predicted octanol–water partition coefficient (Wildman–Crippen LogP) is 4.47. The highest BCUT2D eigenvalue weighted by Crippen LogP contribution is 2.18. The molecule has 0 bridgehead atoms. The maximum absolute atomic E-state index is 12.0. The molecular formula is C19H22ClNO2S. The van der Waals surface area contributed by atoms with E-state index in [1.165, 1.54) is 11.1 Å². The number of thioether (sulfide) groups is 1. The van der Waals surface area contributed by atoms with Crippen LogP contribution < -0.4 is 10.1 Å². The zero-order valence-corrected chi connectivity index (χ0v) is 15.5. The number of hydrogen-bond acceptors (Lipinski definition) is 3. The number of amides is 1. The molecule has 2 aromatic carbocycles. The number of halogens is 1. The van der Waals surface area contributed by atoms with Crippen LogP contribution in [0.4, 0.5) is 0 Å². The van der Waals surface area contributed by atoms with E-state index in [1.54, 1.807) is 31.2 Å². The molecule has 1 atom stereocenters. The molecule has 0 saturated carbocycles. The van der Waals surface area contributed by atoms with E-state index < -0.39 is 6.10 Å². The molecule has 2 aromatic rings. The average Bonchev–Trinajstić information content (AvgIpc) is 2.56. The van der Waals surface area contributed by atoms with Gasteiger partial charge in [0.25, 0.3) is 5.91 Å². The molecule has 0 heterocycles. The number of carbonyl (C=O) groups excluding carboxylic acids is 1. The summed E-state index contributed by atoms with van der Waals surface area (Å²) in [6.07, 6.45) is -0.551. The van der Waals surface area contributed by atoms with Crippen molar-refractivity contribution in [3.05, 3.63) is 64.7 Å². The van der Waals surface area contributed by atoms with Gasteiger partial charge in [-0.2, -0.15) is 11.8 Å². The number of aryl methyl sites for hydroxylation is 1. The van der Waals surface area contributed by atoms with Gasteiger partial charge in [-0.05, 0) is 43.2 Å². The number of nitrogens with one attached hydrogen (secondary N) is 1. The summed E-state index contributed by atoms with van der Waals surface area (Å²) in [6.45, 7) is 4.47. The van der Waals surface area contributed by atoms with Gasteiger partial charge in [-0.3, -0.25) is 4.79 Å². The number of rotatable bonds is 8. The van der Waals surface area contributed by atoms with Crippen LogP contribution in [0, 0.1) is 6.92 Å². The van der Waals surface area contributed by atoms with Crippen molar-refractivity contribution in [2.75, 3.05) is 12.3 Å². The number of ether oxygens (including phenoxy) is 1. The standard InChI is InChI=1S/C19H22ClNO2S/c1-14-6-3-4-7-16(14)13-24-11-10-21-19(22)15(2)23-18-9-5-8-17(20)12-18/h3-9,12,15H,10-11,13H2,1-2H3,(H,21,22)/t15-/m0/s1. The molecule has 3 nitrogen and oxygen atoms in total. The van der Waals surface area contributed by atoms with E-state index in [1.807, 2.05) is 17.8 Å². The molecule has 0 aliphatic heterocycles. The average molecular weight is 364 g/mol. The Morgan fingerprint density at radius 1 is 1.25 bits per heavy atom. The second kappa shape index (κ2) is 9.60. The van der Waals surface area contributed by atoms with Gasteiger partial charge < -0.3 is 10.1 Å². The fourth-order valence-electron chi connectivity index (χ4n) is 2.14. The number of hydrogen-bond donors (Lipinski definition) is 1. The van der Waals surface area contributed by atoms with Crippen molar-refractivity contribution >= 4 is 29.3 Å². The molecule has 0 aromatic heterocycles. The minimum atomic E-state index is -0.551. The van der Waals surface area contributed by atoms with E-state index in [9.17, 15) is 4.79 Å². The van der Waals surface area contributed by atoms with E-state index in [-0.39, 0.29) is 5.91 Å². The fraction of sp³-hybridized carbons (Fsp3) is 0.316. The highest BCUT2D eigenvalue weighted by Gasteiger charge is 2.14. The Morgan fingerprint density at radius 2 is 2.04 bits per heavy atom. The van der Waals surface area contributed by atoms with Crippen LogP contribution in [0.5, 0.6) is 5.75 Å². The van der Waals surface area contributed by atoms with Crippen LogP contribution in [0.3, 0.4) is 0 Å². The number of carbonyl (C=O) groups is 1. The minimum absolute atomic E-state index is 0.119. The molecule has 24 heavy (non-hydrogen) atoms. The Bertz CT molecular complexity index is 678. The molecule has 2 rings (SSSR count). The van der Waals surface area contributed by atoms with E-state index >= 15 is 0 Å². The second-order valence-electron chi connectivity index (χ2n) is 5.49. The maximum Gasteiger partial charge on any atom is 0.260 e. The van der Waals surface area contributed by atoms with Crippen LogP contribution in [0.1, 0.15) is 18.1 Å². The van der Waals surface area contributed by atoms with Gasteiger partial charge in [-0.25, -0.2) is 0 Å². The van der Waals surface area contributed by atoms with Crippen molar-refractivity contribution in [2.24, 2.45) is 0 Å². The quantitative estimate of drug-likeness (QED) is 0.703. The molecule has 1 N–H and O–H groups in total. The fourth-order valence-corrected chi connectivity index (χ4v) is 3.26. The summed E-state index contributed by atoms with van der Waals surface area (Å²) in [7, 11) is 0. The predicted molar refractivity (Wildman–Crippen MR) is 102 cm³/mol. The third-order valence-corrected chi connectivity index (χ3v) is 4.79. The number of benzene rings is 2. The van der Waals surface area contributed by atoms with Crippen molar-refractivity contribution < 1.29 is 9.53 Å². The lowest BCUT2D eigenvalue weighted by Crippen LogP contribution is -2.37. The van der Waals surface area contributed by atoms with Gasteiger partial charge in [0, 0.05) is 23.1 Å². The molecule has 0 unspecified atom stereocenters. The topological polar surface area (TPSA) is 38.3 Å². The first-order valence-electron chi connectivity index (χ1n) is 7.88. The zero-order chi connectivity index (χ0) is 17.4. The van der Waals surface area contributed by atoms with Crippen LogP contribution in [-0.4, -0.2) is 24.3 Å². The molecular weight excluding hydrogens is 342 g/mol. The first-order valence-corrected chi connectivity index (χ1v) is 9.41. The Kier molecular flexibility index (Phi) is 7.47. The third kappa shape index (κ3) is 6.10. The summed E-state index contributed by atoms with van der Waals surface area (Å²) in [5.74, 6) is 2.30. The lowest BCUT2D eigenvalue weighted by atomic mass is 10.1. The molecule has 0 saturated heterocycles. The van der Waals surface area contributed by atoms with Gasteiger partial charge in [-0.1, -0.05) is 41.9 Å². The van der Waals surface area contributed by atoms with E-state index in [4.69, 9.17) is 16.3 Å². The van der Waals surface area contributed by atoms with Gasteiger partial charge in [0.05, 0.1) is 0 Å². The lowest BCUT2D eigenvalue weighted by Gasteiger charge is -2.15. The van der Waals surface area contributed by atoms with E-state index in [0.717, 1.165) is 11.5 Å². The normalized spacial score (nSPS) is 11.8. The molecule has 0 radical (unpaired) electrons. The minimum Gasteiger partial charge on any atom is -0.481 e. The Labute approximate surface area is 152 Å². The van der Waals surface area contributed by atoms with Gasteiger partial charge in [0.1, 0.15) is 5.75 Å². The lowest BCUT2D eigenvalue weighted by molar-refractivity contribution is -0.127. The summed E-state index contributed by atoms with van der Waals surface area (Å²) in [5, 5.41) is 3.49. The summed E-state index contributed by atoms with van der Waals surface area (Å²) >= 11 is 7.71. The zero-order valence-electron chi connectivity index (χ0n) is 13.9. The molecule has 128 valence electrons. The summed E-state index contributed by atoms with van der Waals surface area (Å²) < 4.78 is 5.60. The SMILES string of the molecule is Cc1ccccc1CSCCNC(=O)[C@H](C)Oc1cccc(Cl)c1. The van der Waals surface area contributed by atoms with Gasteiger partial charge in [0.15, 0.2) is 6.10 Å². The third-order valence-electron chi connectivity index (χ3n) is 3.54. The van der Waals surface area contributed by atoms with E-state index in [0.29, 0.717) is 17.3 Å². The Hall–Kier alpha value is -1.65. The molecule has 0 aliphatic rings. The molecule has 0 spiro atoms. The Balaban J connectivity index is 1.66. The van der Waals surface area contributed by atoms with Crippen LogP contribution in [0.25, 0.3) is 0 Å². The summed E-state index contributed by atoms with van der Waals surface area (Å²) in [5.41, 5.74) is 2.64. The largest absolute Gasteiger partial charge is 0.481 e. The van der Waals surface area contributed by atoms with Crippen LogP contribution in [0.2, 0.25) is 5.02 Å². The molecule has 0 aliphatic carbocycles. The molecule has 5 heteroatoms. The first kappa shape index (κ1) is 18.7. The highest BCUT2D eigenvalue weighted by atomic mass is 35.5. The van der Waals surface area contributed by atoms with Crippen molar-refractivity contribution in [1.29, 1.82) is 0 Å². The van der Waals surface area contributed by atoms with Gasteiger partial charge in [0.2, 0.25) is 0 Å². The smallest absolute Gasteiger partial charge is 0.260 e. The molecule has 0 fully saturated rings. The van der Waals surface area contributed by atoms with Crippen molar-refractivity contribution in [2.45, 2.75) is 25.7 Å². The van der Waals surface area contributed by atoms with Gasteiger partial charge >= 0.3 is 0 Å². The van der Waals surface area contributed by atoms with Crippen molar-refractivity contribution in [3.63, 3.8) is 0 Å². The Morgan fingerprint density at radius 3 is 2.79 bits per heavy atom. The second-order valence-corrected chi connectivity index (χ2v) is 7.03. The van der Waals surface area contributed by atoms with E-state index in [2.05, 4.69) is 30.4 Å². The highest BCUT2D eigenvalue weighted by molar-refractivity contribution is 7.98. The summed E-state index contributed by atoms with van der Waals surface area (Å²) in [6, 6.07) is 15.4. The van der Waals surface area contributed by atoms with Crippen molar-refractivity contribution in [1.82, 2.24) is 5.32 Å². The van der Waals surface area contributed by atoms with Crippen LogP contribution in [-0.2, 0) is 10.5 Å². The van der Waals surface area contributed by atoms with Gasteiger partial charge in [-0.15, -0.1) is 0 Å².